The number of benzene rings is 2. The third-order valence-corrected chi connectivity index (χ3v) is 7.10. The minimum absolute atomic E-state index is 0.119. The van der Waals surface area contributed by atoms with Gasteiger partial charge in [0.2, 0.25) is 23.6 Å². The second kappa shape index (κ2) is 14.6. The summed E-state index contributed by atoms with van der Waals surface area (Å²) in [5.41, 5.74) is 8.21. The number of carbonyl (C=O) groups is 4. The predicted molar refractivity (Wildman–Crippen MR) is 157 cm³/mol. The van der Waals surface area contributed by atoms with Crippen molar-refractivity contribution in [1.82, 2.24) is 21.3 Å². The highest BCUT2D eigenvalue weighted by Gasteiger charge is 2.29. The van der Waals surface area contributed by atoms with E-state index in [1.54, 1.807) is 12.1 Å². The normalized spacial score (nSPS) is 20.1. The number of rotatable bonds is 6. The SMILES string of the molecule is CC(C)(C)c1cc(CC2NC(=O)[C@H](NC(=O)[C@@H](N)Cc3ccccc3)CCCCNC(=O)CCNC2=O)ccc1O. The molecule has 1 heterocycles. The Balaban J connectivity index is 1.81. The lowest BCUT2D eigenvalue weighted by atomic mass is 9.84. The Hall–Kier alpha value is -3.92. The summed E-state index contributed by atoms with van der Waals surface area (Å²) in [7, 11) is 0. The number of hydrogen-bond acceptors (Lipinski definition) is 6. The zero-order valence-electron chi connectivity index (χ0n) is 24.2. The van der Waals surface area contributed by atoms with Crippen molar-refractivity contribution < 1.29 is 24.3 Å². The Morgan fingerprint density at radius 2 is 1.73 bits per heavy atom. The summed E-state index contributed by atoms with van der Waals surface area (Å²) in [6.07, 6.45) is 2.10. The van der Waals surface area contributed by atoms with Gasteiger partial charge in [-0.3, -0.25) is 19.2 Å². The van der Waals surface area contributed by atoms with E-state index in [0.29, 0.717) is 32.2 Å². The quantitative estimate of drug-likeness (QED) is 0.312. The summed E-state index contributed by atoms with van der Waals surface area (Å²) in [5.74, 6) is -1.41. The molecule has 0 spiro atoms. The van der Waals surface area contributed by atoms with Gasteiger partial charge >= 0.3 is 0 Å². The first-order chi connectivity index (χ1) is 19.4. The fraction of sp³-hybridized carbons (Fsp3) is 0.484. The van der Waals surface area contributed by atoms with Gasteiger partial charge in [-0.15, -0.1) is 0 Å². The monoisotopic (exact) mass is 565 g/mol. The number of nitrogens with one attached hydrogen (secondary N) is 4. The highest BCUT2D eigenvalue weighted by atomic mass is 16.3. The van der Waals surface area contributed by atoms with Crippen LogP contribution in [-0.4, -0.2) is 60.0 Å². The average Bonchev–Trinajstić information content (AvgIpc) is 2.92. The van der Waals surface area contributed by atoms with Gasteiger partial charge in [0.05, 0.1) is 6.04 Å². The number of nitrogens with two attached hydrogens (primary N) is 1. The number of phenolic OH excluding ortho intramolecular Hbond substituents is 1. The number of amides is 4. The van der Waals surface area contributed by atoms with Crippen molar-refractivity contribution in [3.63, 3.8) is 0 Å². The van der Waals surface area contributed by atoms with Gasteiger partial charge < -0.3 is 32.1 Å². The van der Waals surface area contributed by atoms with Crippen molar-refractivity contribution in [3.8, 4) is 5.75 Å². The van der Waals surface area contributed by atoms with Crippen LogP contribution in [0, 0.1) is 0 Å². The minimum atomic E-state index is -0.969. The molecular formula is C31H43N5O5. The number of carbonyl (C=O) groups excluding carboxylic acids is 4. The van der Waals surface area contributed by atoms with Crippen molar-refractivity contribution in [1.29, 1.82) is 0 Å². The Bertz CT molecular complexity index is 1210. The molecule has 1 aliphatic heterocycles. The molecule has 0 saturated carbocycles. The second-order valence-corrected chi connectivity index (χ2v) is 11.6. The molecule has 1 aliphatic rings. The summed E-state index contributed by atoms with van der Waals surface area (Å²) in [4.78, 5) is 51.9. The minimum Gasteiger partial charge on any atom is -0.508 e. The van der Waals surface area contributed by atoms with E-state index in [0.717, 1.165) is 16.7 Å². The molecule has 0 aromatic heterocycles. The first kappa shape index (κ1) is 31.6. The van der Waals surface area contributed by atoms with E-state index in [-0.39, 0.29) is 36.5 Å². The van der Waals surface area contributed by atoms with E-state index in [9.17, 15) is 24.3 Å². The highest BCUT2D eigenvalue weighted by molar-refractivity contribution is 5.93. The van der Waals surface area contributed by atoms with Crippen molar-refractivity contribution in [2.24, 2.45) is 5.73 Å². The second-order valence-electron chi connectivity index (χ2n) is 11.6. The first-order valence-electron chi connectivity index (χ1n) is 14.2. The van der Waals surface area contributed by atoms with Gasteiger partial charge in [-0.2, -0.15) is 0 Å². The third kappa shape index (κ3) is 9.89. The van der Waals surface area contributed by atoms with Crippen molar-refractivity contribution in [3.05, 3.63) is 65.2 Å². The van der Waals surface area contributed by atoms with Crippen LogP contribution >= 0.6 is 0 Å². The fourth-order valence-electron chi connectivity index (χ4n) is 4.75. The molecular weight excluding hydrogens is 522 g/mol. The Morgan fingerprint density at radius 3 is 2.44 bits per heavy atom. The Labute approximate surface area is 241 Å². The fourth-order valence-corrected chi connectivity index (χ4v) is 4.75. The van der Waals surface area contributed by atoms with Gasteiger partial charge in [0.1, 0.15) is 17.8 Å². The zero-order valence-corrected chi connectivity index (χ0v) is 24.2. The van der Waals surface area contributed by atoms with Crippen LogP contribution < -0.4 is 27.0 Å². The number of phenols is 1. The number of aromatic hydroxyl groups is 1. The molecule has 3 atom stereocenters. The molecule has 2 aromatic carbocycles. The van der Waals surface area contributed by atoms with Gasteiger partial charge in [-0.1, -0.05) is 63.2 Å². The van der Waals surface area contributed by atoms with E-state index in [1.807, 2.05) is 57.2 Å². The molecule has 1 fully saturated rings. The maximum atomic E-state index is 13.5. The predicted octanol–water partition coefficient (Wildman–Crippen LogP) is 1.58. The van der Waals surface area contributed by atoms with E-state index < -0.39 is 35.8 Å². The standard InChI is InChI=1S/C31H43N5O5/c1-31(2,3)22-17-21(12-13-26(22)37)19-25-29(40)34-16-14-27(38)33-15-8-7-11-24(30(41)36-25)35-28(39)23(32)18-20-9-5-4-6-10-20/h4-6,9-10,12-13,17,23-25,37H,7-8,11,14-16,18-19,32H2,1-3H3,(H,33,38)(H,34,40)(H,35,39)(H,36,41)/t23-,24+,25?/m0/s1. The van der Waals surface area contributed by atoms with E-state index >= 15 is 0 Å². The largest absolute Gasteiger partial charge is 0.508 e. The molecule has 4 amide bonds. The van der Waals surface area contributed by atoms with Gasteiger partial charge in [0.25, 0.3) is 0 Å². The molecule has 1 saturated heterocycles. The van der Waals surface area contributed by atoms with Gasteiger partial charge in [-0.05, 0) is 53.9 Å². The molecule has 2 aromatic rings. The summed E-state index contributed by atoms with van der Waals surface area (Å²) < 4.78 is 0. The van der Waals surface area contributed by atoms with E-state index in [4.69, 9.17) is 5.73 Å². The van der Waals surface area contributed by atoms with Crippen LogP contribution in [-0.2, 0) is 37.4 Å². The van der Waals surface area contributed by atoms with Crippen LogP contribution in [0.5, 0.6) is 5.75 Å². The molecule has 0 bridgehead atoms. The lowest BCUT2D eigenvalue weighted by Gasteiger charge is -2.26. The van der Waals surface area contributed by atoms with Crippen molar-refractivity contribution >= 4 is 23.6 Å². The van der Waals surface area contributed by atoms with Crippen molar-refractivity contribution in [2.75, 3.05) is 13.1 Å². The molecule has 41 heavy (non-hydrogen) atoms. The zero-order chi connectivity index (χ0) is 30.0. The van der Waals surface area contributed by atoms with E-state index in [2.05, 4.69) is 21.3 Å². The molecule has 222 valence electrons. The topological polar surface area (TPSA) is 163 Å². The van der Waals surface area contributed by atoms with Crippen LogP contribution in [0.2, 0.25) is 0 Å². The molecule has 10 heteroatoms. The molecule has 10 nitrogen and oxygen atoms in total. The van der Waals surface area contributed by atoms with Gasteiger partial charge in [0, 0.05) is 25.9 Å². The molecule has 1 unspecified atom stereocenters. The molecule has 7 N–H and O–H groups in total. The molecule has 3 rings (SSSR count). The first-order valence-corrected chi connectivity index (χ1v) is 14.2. The smallest absolute Gasteiger partial charge is 0.243 e. The molecule has 0 aliphatic carbocycles. The summed E-state index contributed by atoms with van der Waals surface area (Å²) in [6, 6.07) is 11.8. The van der Waals surface area contributed by atoms with Gasteiger partial charge in [0.15, 0.2) is 0 Å². The van der Waals surface area contributed by atoms with Crippen molar-refractivity contribution in [2.45, 2.75) is 82.8 Å². The number of hydrogen-bond donors (Lipinski definition) is 6. The summed E-state index contributed by atoms with van der Waals surface area (Å²) in [6.45, 7) is 6.48. The highest BCUT2D eigenvalue weighted by Crippen LogP contribution is 2.31. The summed E-state index contributed by atoms with van der Waals surface area (Å²) in [5, 5.41) is 21.5. The van der Waals surface area contributed by atoms with Crippen LogP contribution in [0.3, 0.4) is 0 Å². The van der Waals surface area contributed by atoms with Gasteiger partial charge in [-0.25, -0.2) is 0 Å². The summed E-state index contributed by atoms with van der Waals surface area (Å²) >= 11 is 0. The average molecular weight is 566 g/mol. The maximum absolute atomic E-state index is 13.5. The Morgan fingerprint density at radius 1 is 1.00 bits per heavy atom. The molecule has 0 radical (unpaired) electrons. The van der Waals surface area contributed by atoms with Crippen LogP contribution in [0.15, 0.2) is 48.5 Å². The lowest BCUT2D eigenvalue weighted by Crippen LogP contribution is -2.56. The van der Waals surface area contributed by atoms with E-state index in [1.165, 1.54) is 0 Å². The van der Waals surface area contributed by atoms with Crippen LogP contribution in [0.1, 0.15) is 63.1 Å². The third-order valence-electron chi connectivity index (χ3n) is 7.10. The van der Waals surface area contributed by atoms with Crippen LogP contribution in [0.4, 0.5) is 0 Å². The Kier molecular flexibility index (Phi) is 11.3. The maximum Gasteiger partial charge on any atom is 0.243 e. The lowest BCUT2D eigenvalue weighted by molar-refractivity contribution is -0.132. The van der Waals surface area contributed by atoms with Crippen LogP contribution in [0.25, 0.3) is 0 Å².